The Morgan fingerprint density at radius 1 is 1.42 bits per heavy atom. The van der Waals surface area contributed by atoms with E-state index in [0.717, 1.165) is 12.0 Å². The minimum Gasteiger partial charge on any atom is -0.479 e. The number of nitrogens with two attached hydrogens (primary N) is 1. The van der Waals surface area contributed by atoms with Gasteiger partial charge in [-0.25, -0.2) is 9.18 Å². The van der Waals surface area contributed by atoms with Crippen LogP contribution in [-0.4, -0.2) is 25.2 Å². The van der Waals surface area contributed by atoms with Crippen LogP contribution in [0.5, 0.6) is 5.75 Å². The van der Waals surface area contributed by atoms with E-state index in [1.165, 1.54) is 12.1 Å². The fraction of sp³-hybridized carbons (Fsp3) is 0.500. The zero-order valence-electron chi connectivity index (χ0n) is 11.3. The van der Waals surface area contributed by atoms with Crippen molar-refractivity contribution in [3.05, 3.63) is 29.6 Å². The smallest absolute Gasteiger partial charge is 0.344 e. The molecular weight excluding hydrogens is 249 g/mol. The number of carbonyl (C=O) groups excluding carboxylic acids is 1. The monoisotopic (exact) mass is 269 g/mol. The molecule has 0 saturated carbocycles. The van der Waals surface area contributed by atoms with Gasteiger partial charge in [0.25, 0.3) is 0 Å². The zero-order chi connectivity index (χ0) is 14.3. The van der Waals surface area contributed by atoms with Gasteiger partial charge in [-0.1, -0.05) is 13.0 Å². The van der Waals surface area contributed by atoms with Gasteiger partial charge in [-0.05, 0) is 37.5 Å². The summed E-state index contributed by atoms with van der Waals surface area (Å²) in [4.78, 5) is 11.1. The molecule has 0 bridgehead atoms. The average molecular weight is 269 g/mol. The van der Waals surface area contributed by atoms with E-state index in [1.807, 2.05) is 6.92 Å². The van der Waals surface area contributed by atoms with Crippen LogP contribution >= 0.6 is 0 Å². The fourth-order valence-electron chi connectivity index (χ4n) is 1.57. The van der Waals surface area contributed by atoms with E-state index in [1.54, 1.807) is 13.0 Å². The van der Waals surface area contributed by atoms with Crippen LogP contribution in [0, 0.1) is 5.82 Å². The van der Waals surface area contributed by atoms with Gasteiger partial charge in [0.1, 0.15) is 0 Å². The van der Waals surface area contributed by atoms with Crippen molar-refractivity contribution >= 4 is 5.97 Å². The van der Waals surface area contributed by atoms with E-state index >= 15 is 0 Å². The van der Waals surface area contributed by atoms with Gasteiger partial charge in [-0.3, -0.25) is 0 Å². The predicted molar refractivity (Wildman–Crippen MR) is 70.5 cm³/mol. The minimum atomic E-state index is -0.515. The van der Waals surface area contributed by atoms with E-state index in [-0.39, 0.29) is 25.0 Å². The molecule has 0 amide bonds. The molecule has 0 aromatic heterocycles. The van der Waals surface area contributed by atoms with Gasteiger partial charge in [0.2, 0.25) is 0 Å². The van der Waals surface area contributed by atoms with Crippen molar-refractivity contribution < 1.29 is 18.7 Å². The number of hydrogen-bond donors (Lipinski definition) is 1. The molecule has 1 rings (SSSR count). The highest BCUT2D eigenvalue weighted by Crippen LogP contribution is 2.19. The highest BCUT2D eigenvalue weighted by atomic mass is 19.1. The van der Waals surface area contributed by atoms with E-state index in [0.29, 0.717) is 6.42 Å². The Kier molecular flexibility index (Phi) is 6.29. The van der Waals surface area contributed by atoms with Crippen molar-refractivity contribution in [1.82, 2.24) is 0 Å². The van der Waals surface area contributed by atoms with Crippen molar-refractivity contribution in [2.24, 2.45) is 5.73 Å². The van der Waals surface area contributed by atoms with Gasteiger partial charge in [0.15, 0.2) is 18.2 Å². The zero-order valence-corrected chi connectivity index (χ0v) is 11.3. The molecule has 0 aliphatic heterocycles. The number of halogens is 1. The first kappa shape index (κ1) is 15.4. The molecule has 1 atom stereocenters. The summed E-state index contributed by atoms with van der Waals surface area (Å²) in [6.45, 7) is 3.67. The summed E-state index contributed by atoms with van der Waals surface area (Å²) in [5, 5.41) is 0. The van der Waals surface area contributed by atoms with Crippen molar-refractivity contribution in [2.45, 2.75) is 32.7 Å². The lowest BCUT2D eigenvalue weighted by atomic mass is 10.0. The molecule has 1 aromatic carbocycles. The van der Waals surface area contributed by atoms with Crippen LogP contribution in [0.25, 0.3) is 0 Å². The second-order valence-electron chi connectivity index (χ2n) is 4.23. The normalized spacial score (nSPS) is 12.0. The van der Waals surface area contributed by atoms with E-state index in [9.17, 15) is 9.18 Å². The highest BCUT2D eigenvalue weighted by molar-refractivity contribution is 5.71. The number of carbonyl (C=O) groups is 1. The molecule has 0 heterocycles. The molecule has 4 nitrogen and oxygen atoms in total. The summed E-state index contributed by atoms with van der Waals surface area (Å²) in [5.41, 5.74) is 6.63. The van der Waals surface area contributed by atoms with Crippen LogP contribution in [-0.2, 0) is 16.0 Å². The summed E-state index contributed by atoms with van der Waals surface area (Å²) in [6, 6.07) is 4.66. The quantitative estimate of drug-likeness (QED) is 0.769. The summed E-state index contributed by atoms with van der Waals surface area (Å²) >= 11 is 0. The Morgan fingerprint density at radius 2 is 2.16 bits per heavy atom. The summed E-state index contributed by atoms with van der Waals surface area (Å²) in [7, 11) is 0. The third-order valence-corrected chi connectivity index (χ3v) is 2.67. The Labute approximate surface area is 112 Å². The molecule has 0 aliphatic carbocycles. The third-order valence-electron chi connectivity index (χ3n) is 2.67. The van der Waals surface area contributed by atoms with Crippen LogP contribution in [0.2, 0.25) is 0 Å². The largest absolute Gasteiger partial charge is 0.479 e. The second kappa shape index (κ2) is 7.74. The van der Waals surface area contributed by atoms with Crippen LogP contribution in [0.3, 0.4) is 0 Å². The van der Waals surface area contributed by atoms with Gasteiger partial charge < -0.3 is 15.2 Å². The number of rotatable bonds is 7. The first-order valence-corrected chi connectivity index (χ1v) is 6.39. The highest BCUT2D eigenvalue weighted by Gasteiger charge is 2.09. The Balaban J connectivity index is 2.59. The van der Waals surface area contributed by atoms with Crippen molar-refractivity contribution in [1.29, 1.82) is 0 Å². The molecule has 0 fully saturated rings. The molecule has 0 saturated heterocycles. The molecule has 0 radical (unpaired) electrons. The lowest BCUT2D eigenvalue weighted by molar-refractivity contribution is -0.145. The molecule has 5 heteroatoms. The number of ether oxygens (including phenoxy) is 2. The predicted octanol–water partition coefficient (Wildman–Crippen LogP) is 2.05. The number of esters is 1. The Bertz CT molecular complexity index is 423. The van der Waals surface area contributed by atoms with E-state index < -0.39 is 11.8 Å². The molecule has 19 heavy (non-hydrogen) atoms. The van der Waals surface area contributed by atoms with Gasteiger partial charge in [0, 0.05) is 6.04 Å². The topological polar surface area (TPSA) is 61.5 Å². The van der Waals surface area contributed by atoms with Crippen LogP contribution in [0.4, 0.5) is 4.39 Å². The van der Waals surface area contributed by atoms with Crippen LogP contribution in [0.1, 0.15) is 25.8 Å². The summed E-state index contributed by atoms with van der Waals surface area (Å²) in [6.07, 6.45) is 1.45. The molecule has 0 spiro atoms. The standard InChI is InChI=1S/C14H20FNO3/c1-3-11(16)7-10-5-6-13(12(15)8-10)19-9-14(17)18-4-2/h5-6,8,11H,3-4,7,9,16H2,1-2H3. The van der Waals surface area contributed by atoms with Crippen molar-refractivity contribution in [3.63, 3.8) is 0 Å². The molecule has 106 valence electrons. The number of hydrogen-bond acceptors (Lipinski definition) is 4. The Morgan fingerprint density at radius 3 is 2.74 bits per heavy atom. The van der Waals surface area contributed by atoms with Gasteiger partial charge in [-0.15, -0.1) is 0 Å². The SMILES string of the molecule is CCOC(=O)COc1ccc(CC(N)CC)cc1F. The minimum absolute atomic E-state index is 0.0192. The van der Waals surface area contributed by atoms with E-state index in [4.69, 9.17) is 15.2 Å². The lowest BCUT2D eigenvalue weighted by Crippen LogP contribution is -2.21. The van der Waals surface area contributed by atoms with E-state index in [2.05, 4.69) is 0 Å². The maximum absolute atomic E-state index is 13.7. The lowest BCUT2D eigenvalue weighted by Gasteiger charge is -2.11. The molecule has 0 aliphatic rings. The average Bonchev–Trinajstić information content (AvgIpc) is 2.38. The van der Waals surface area contributed by atoms with Gasteiger partial charge >= 0.3 is 5.97 Å². The molecule has 1 aromatic rings. The summed E-state index contributed by atoms with van der Waals surface area (Å²) in [5.74, 6) is -0.967. The Hall–Kier alpha value is -1.62. The maximum Gasteiger partial charge on any atom is 0.344 e. The van der Waals surface area contributed by atoms with Gasteiger partial charge in [-0.2, -0.15) is 0 Å². The van der Waals surface area contributed by atoms with Crippen LogP contribution in [0.15, 0.2) is 18.2 Å². The summed E-state index contributed by atoms with van der Waals surface area (Å²) < 4.78 is 23.5. The van der Waals surface area contributed by atoms with Gasteiger partial charge in [0.05, 0.1) is 6.61 Å². The molecular formula is C14H20FNO3. The molecule has 1 unspecified atom stereocenters. The first-order valence-electron chi connectivity index (χ1n) is 6.39. The number of benzene rings is 1. The second-order valence-corrected chi connectivity index (χ2v) is 4.23. The van der Waals surface area contributed by atoms with Crippen molar-refractivity contribution in [3.8, 4) is 5.75 Å². The maximum atomic E-state index is 13.7. The van der Waals surface area contributed by atoms with Crippen LogP contribution < -0.4 is 10.5 Å². The molecule has 2 N–H and O–H groups in total. The third kappa shape index (κ3) is 5.26. The fourth-order valence-corrected chi connectivity index (χ4v) is 1.57. The first-order chi connectivity index (χ1) is 9.06. The van der Waals surface area contributed by atoms with Crippen molar-refractivity contribution in [2.75, 3.05) is 13.2 Å².